The summed E-state index contributed by atoms with van der Waals surface area (Å²) in [5, 5.41) is 0. The van der Waals surface area contributed by atoms with Gasteiger partial charge in [-0.15, -0.1) is 6.58 Å². The van der Waals surface area contributed by atoms with Crippen molar-refractivity contribution in [3.8, 4) is 0 Å². The van der Waals surface area contributed by atoms with Crippen LogP contribution in [0.2, 0.25) is 0 Å². The fourth-order valence-corrected chi connectivity index (χ4v) is 1.28. The van der Waals surface area contributed by atoms with Crippen LogP contribution >= 0.6 is 0 Å². The van der Waals surface area contributed by atoms with Crippen molar-refractivity contribution in [2.75, 3.05) is 6.61 Å². The predicted octanol–water partition coefficient (Wildman–Crippen LogP) is 2.53. The molecule has 1 aromatic heterocycles. The van der Waals surface area contributed by atoms with E-state index < -0.39 is 0 Å². The second-order valence-electron chi connectivity index (χ2n) is 3.78. The van der Waals surface area contributed by atoms with E-state index in [0.29, 0.717) is 19.8 Å². The maximum absolute atomic E-state index is 5.51. The van der Waals surface area contributed by atoms with Crippen LogP contribution in [-0.4, -0.2) is 6.61 Å². The van der Waals surface area contributed by atoms with Gasteiger partial charge in [0.1, 0.15) is 18.1 Å². The SMILES string of the molecule is C=C(C)CCOCc1cc(C)c(CN)o1. The van der Waals surface area contributed by atoms with E-state index in [-0.39, 0.29) is 0 Å². The molecule has 1 rings (SSSR count). The largest absolute Gasteiger partial charge is 0.462 e. The molecule has 0 aliphatic carbocycles. The zero-order chi connectivity index (χ0) is 11.3. The summed E-state index contributed by atoms with van der Waals surface area (Å²) < 4.78 is 10.9. The van der Waals surface area contributed by atoms with Crippen LogP contribution in [0.15, 0.2) is 22.6 Å². The molecule has 1 heterocycles. The Labute approximate surface area is 90.9 Å². The van der Waals surface area contributed by atoms with Crippen molar-refractivity contribution < 1.29 is 9.15 Å². The van der Waals surface area contributed by atoms with E-state index in [1.807, 2.05) is 19.9 Å². The van der Waals surface area contributed by atoms with E-state index >= 15 is 0 Å². The van der Waals surface area contributed by atoms with E-state index in [1.54, 1.807) is 0 Å². The van der Waals surface area contributed by atoms with Crippen LogP contribution in [-0.2, 0) is 17.9 Å². The van der Waals surface area contributed by atoms with Gasteiger partial charge in [-0.25, -0.2) is 0 Å². The third-order valence-electron chi connectivity index (χ3n) is 2.17. The molecule has 0 unspecified atom stereocenters. The summed E-state index contributed by atoms with van der Waals surface area (Å²) in [6.45, 7) is 9.43. The first-order valence-electron chi connectivity index (χ1n) is 5.14. The lowest BCUT2D eigenvalue weighted by Crippen LogP contribution is -1.96. The van der Waals surface area contributed by atoms with Crippen LogP contribution in [0.5, 0.6) is 0 Å². The number of aryl methyl sites for hydroxylation is 1. The zero-order valence-corrected chi connectivity index (χ0v) is 9.51. The summed E-state index contributed by atoms with van der Waals surface area (Å²) >= 11 is 0. The Bertz CT molecular complexity index is 328. The van der Waals surface area contributed by atoms with Gasteiger partial charge >= 0.3 is 0 Å². The van der Waals surface area contributed by atoms with Gasteiger partial charge in [-0.3, -0.25) is 0 Å². The van der Waals surface area contributed by atoms with Gasteiger partial charge in [0.25, 0.3) is 0 Å². The van der Waals surface area contributed by atoms with Crippen molar-refractivity contribution in [3.63, 3.8) is 0 Å². The maximum atomic E-state index is 5.51. The number of nitrogens with two attached hydrogens (primary N) is 1. The summed E-state index contributed by atoms with van der Waals surface area (Å²) in [5.41, 5.74) is 7.74. The predicted molar refractivity (Wildman–Crippen MR) is 60.4 cm³/mol. The van der Waals surface area contributed by atoms with Crippen LogP contribution in [0.4, 0.5) is 0 Å². The zero-order valence-electron chi connectivity index (χ0n) is 9.51. The molecule has 84 valence electrons. The summed E-state index contributed by atoms with van der Waals surface area (Å²) in [6, 6.07) is 1.98. The molecule has 2 N–H and O–H groups in total. The highest BCUT2D eigenvalue weighted by atomic mass is 16.5. The fraction of sp³-hybridized carbons (Fsp3) is 0.500. The minimum Gasteiger partial charge on any atom is -0.462 e. The topological polar surface area (TPSA) is 48.4 Å². The molecule has 0 aromatic carbocycles. The standard InChI is InChI=1S/C12H19NO2/c1-9(2)4-5-14-8-11-6-10(3)12(7-13)15-11/h6H,1,4-5,7-8,13H2,2-3H3. The Hall–Kier alpha value is -1.06. The number of hydrogen-bond acceptors (Lipinski definition) is 3. The van der Waals surface area contributed by atoms with Gasteiger partial charge in [0.2, 0.25) is 0 Å². The van der Waals surface area contributed by atoms with Crippen molar-refractivity contribution in [1.82, 2.24) is 0 Å². The Kier molecular flexibility index (Phi) is 4.59. The minimum atomic E-state index is 0.442. The summed E-state index contributed by atoms with van der Waals surface area (Å²) in [7, 11) is 0. The van der Waals surface area contributed by atoms with Crippen molar-refractivity contribution >= 4 is 0 Å². The van der Waals surface area contributed by atoms with Crippen LogP contribution in [0, 0.1) is 6.92 Å². The molecule has 0 saturated carbocycles. The van der Waals surface area contributed by atoms with Crippen LogP contribution in [0.1, 0.15) is 30.4 Å². The highest BCUT2D eigenvalue weighted by Gasteiger charge is 2.05. The first kappa shape index (κ1) is 12.0. The normalized spacial score (nSPS) is 10.6. The molecule has 3 heteroatoms. The number of hydrogen-bond donors (Lipinski definition) is 1. The lowest BCUT2D eigenvalue weighted by Gasteiger charge is -2.01. The number of furan rings is 1. The number of ether oxygens (including phenoxy) is 1. The third kappa shape index (κ3) is 3.90. The monoisotopic (exact) mass is 209 g/mol. The molecule has 0 bridgehead atoms. The molecule has 0 radical (unpaired) electrons. The average molecular weight is 209 g/mol. The third-order valence-corrected chi connectivity index (χ3v) is 2.17. The first-order valence-corrected chi connectivity index (χ1v) is 5.14. The van der Waals surface area contributed by atoms with Gasteiger partial charge in [0, 0.05) is 0 Å². The van der Waals surface area contributed by atoms with Crippen molar-refractivity contribution in [2.24, 2.45) is 5.73 Å². The lowest BCUT2D eigenvalue weighted by atomic mass is 10.2. The molecule has 15 heavy (non-hydrogen) atoms. The molecule has 3 nitrogen and oxygen atoms in total. The van der Waals surface area contributed by atoms with Gasteiger partial charge in [-0.2, -0.15) is 0 Å². The van der Waals surface area contributed by atoms with E-state index in [0.717, 1.165) is 29.1 Å². The van der Waals surface area contributed by atoms with Gasteiger partial charge in [-0.05, 0) is 31.9 Å². The molecule has 0 aliphatic rings. The Morgan fingerprint density at radius 3 is 2.87 bits per heavy atom. The summed E-state index contributed by atoms with van der Waals surface area (Å²) in [6.07, 6.45) is 0.892. The van der Waals surface area contributed by atoms with E-state index in [2.05, 4.69) is 6.58 Å². The van der Waals surface area contributed by atoms with Crippen LogP contribution in [0.3, 0.4) is 0 Å². The molecule has 0 atom stereocenters. The molecule has 0 aliphatic heterocycles. The van der Waals surface area contributed by atoms with Gasteiger partial charge in [0.15, 0.2) is 0 Å². The van der Waals surface area contributed by atoms with Crippen molar-refractivity contribution in [2.45, 2.75) is 33.4 Å². The minimum absolute atomic E-state index is 0.442. The van der Waals surface area contributed by atoms with Crippen LogP contribution < -0.4 is 5.73 Å². The van der Waals surface area contributed by atoms with Gasteiger partial charge < -0.3 is 14.9 Å². The van der Waals surface area contributed by atoms with E-state index in [4.69, 9.17) is 14.9 Å². The van der Waals surface area contributed by atoms with Crippen molar-refractivity contribution in [3.05, 3.63) is 35.3 Å². The summed E-state index contributed by atoms with van der Waals surface area (Å²) in [5.74, 6) is 1.68. The van der Waals surface area contributed by atoms with Gasteiger partial charge in [-0.1, -0.05) is 5.57 Å². The first-order chi connectivity index (χ1) is 7.13. The van der Waals surface area contributed by atoms with E-state index in [9.17, 15) is 0 Å². The molecule has 0 spiro atoms. The Morgan fingerprint density at radius 2 is 2.33 bits per heavy atom. The fourth-order valence-electron chi connectivity index (χ4n) is 1.28. The highest BCUT2D eigenvalue weighted by molar-refractivity contribution is 5.19. The Balaban J connectivity index is 2.34. The molecule has 0 amide bonds. The van der Waals surface area contributed by atoms with Gasteiger partial charge in [0.05, 0.1) is 13.2 Å². The highest BCUT2D eigenvalue weighted by Crippen LogP contribution is 2.14. The quantitative estimate of drug-likeness (QED) is 0.578. The molecular formula is C12H19NO2. The smallest absolute Gasteiger partial charge is 0.130 e. The molecule has 0 fully saturated rings. The second-order valence-corrected chi connectivity index (χ2v) is 3.78. The second kappa shape index (κ2) is 5.73. The lowest BCUT2D eigenvalue weighted by molar-refractivity contribution is 0.108. The molecule has 0 saturated heterocycles. The van der Waals surface area contributed by atoms with Crippen LogP contribution in [0.25, 0.3) is 0 Å². The van der Waals surface area contributed by atoms with E-state index in [1.165, 1.54) is 0 Å². The molecular weight excluding hydrogens is 190 g/mol. The summed E-state index contributed by atoms with van der Waals surface area (Å²) in [4.78, 5) is 0. The number of rotatable bonds is 6. The van der Waals surface area contributed by atoms with Crippen molar-refractivity contribution in [1.29, 1.82) is 0 Å². The average Bonchev–Trinajstić information content (AvgIpc) is 2.53. The maximum Gasteiger partial charge on any atom is 0.130 e. The molecule has 1 aromatic rings. The Morgan fingerprint density at radius 1 is 1.60 bits per heavy atom.